The largest absolute Gasteiger partial charge is 0.372 e. The van der Waals surface area contributed by atoms with Crippen molar-refractivity contribution >= 4 is 0 Å². The van der Waals surface area contributed by atoms with Crippen molar-refractivity contribution in [2.45, 2.75) is 13.2 Å². The summed E-state index contributed by atoms with van der Waals surface area (Å²) >= 11 is 0. The molecule has 0 unspecified atom stereocenters. The standard InChI is InChI=1S/C16H14O/c1-13-7-3-5-9-15(13)11-17-12-16-10-6-4-8-14(16)2/h1-10H,11-12H2. The highest BCUT2D eigenvalue weighted by Crippen LogP contribution is 2.12. The Morgan fingerprint density at radius 1 is 0.706 bits per heavy atom. The third-order valence-electron chi connectivity index (χ3n) is 2.63. The van der Waals surface area contributed by atoms with Crippen LogP contribution in [-0.2, 0) is 18.0 Å². The molecule has 2 aromatic carbocycles. The minimum Gasteiger partial charge on any atom is -0.372 e. The van der Waals surface area contributed by atoms with E-state index in [1.54, 1.807) is 0 Å². The van der Waals surface area contributed by atoms with Gasteiger partial charge in [0.25, 0.3) is 0 Å². The van der Waals surface area contributed by atoms with Gasteiger partial charge in [-0.25, -0.2) is 0 Å². The Bertz CT molecular complexity index is 443. The summed E-state index contributed by atoms with van der Waals surface area (Å²) in [4.78, 5) is 0. The van der Waals surface area contributed by atoms with E-state index in [0.717, 1.165) is 22.3 Å². The van der Waals surface area contributed by atoms with Crippen LogP contribution in [0.5, 0.6) is 0 Å². The molecule has 1 heteroatoms. The number of benzene rings is 2. The zero-order valence-corrected chi connectivity index (χ0v) is 9.60. The second-order valence-corrected chi connectivity index (χ2v) is 3.89. The maximum Gasteiger partial charge on any atom is 0.0724 e. The monoisotopic (exact) mass is 222 g/mol. The molecule has 0 saturated carbocycles. The lowest BCUT2D eigenvalue weighted by atomic mass is 10.1. The zero-order chi connectivity index (χ0) is 12.1. The van der Waals surface area contributed by atoms with E-state index in [-0.39, 0.29) is 0 Å². The molecule has 0 amide bonds. The van der Waals surface area contributed by atoms with E-state index < -0.39 is 0 Å². The molecular formula is C16H14O. The number of rotatable bonds is 4. The molecule has 17 heavy (non-hydrogen) atoms. The van der Waals surface area contributed by atoms with E-state index in [1.165, 1.54) is 0 Å². The molecule has 84 valence electrons. The van der Waals surface area contributed by atoms with Gasteiger partial charge >= 0.3 is 0 Å². The van der Waals surface area contributed by atoms with Gasteiger partial charge in [-0.05, 0) is 36.1 Å². The molecule has 0 aromatic heterocycles. The summed E-state index contributed by atoms with van der Waals surface area (Å²) in [5, 5.41) is 0. The summed E-state index contributed by atoms with van der Waals surface area (Å²) < 4.78 is 5.61. The van der Waals surface area contributed by atoms with Crippen molar-refractivity contribution in [2.75, 3.05) is 0 Å². The fraction of sp³-hybridized carbons (Fsp3) is 0.125. The van der Waals surface area contributed by atoms with Gasteiger partial charge in [-0.15, -0.1) is 0 Å². The number of ether oxygens (including phenoxy) is 1. The van der Waals surface area contributed by atoms with Gasteiger partial charge < -0.3 is 4.74 Å². The molecule has 0 atom stereocenters. The summed E-state index contributed by atoms with van der Waals surface area (Å²) in [6, 6.07) is 15.4. The van der Waals surface area contributed by atoms with Gasteiger partial charge in [-0.2, -0.15) is 0 Å². The first-order valence-electron chi connectivity index (χ1n) is 5.52. The van der Waals surface area contributed by atoms with Crippen LogP contribution in [0.1, 0.15) is 22.3 Å². The van der Waals surface area contributed by atoms with E-state index in [4.69, 9.17) is 18.6 Å². The van der Waals surface area contributed by atoms with Crippen molar-refractivity contribution in [1.29, 1.82) is 0 Å². The zero-order valence-electron chi connectivity index (χ0n) is 9.60. The average Bonchev–Trinajstić information content (AvgIpc) is 2.34. The fourth-order valence-corrected chi connectivity index (χ4v) is 1.60. The highest BCUT2D eigenvalue weighted by molar-refractivity contribution is 5.30. The smallest absolute Gasteiger partial charge is 0.0724 e. The van der Waals surface area contributed by atoms with Gasteiger partial charge in [0.1, 0.15) is 0 Å². The predicted octanol–water partition coefficient (Wildman–Crippen LogP) is 3.52. The second kappa shape index (κ2) is 5.65. The SMILES string of the molecule is [CH]c1ccccc1COCc1ccccc1[CH]. The van der Waals surface area contributed by atoms with Gasteiger partial charge in [-0.3, -0.25) is 0 Å². The molecular weight excluding hydrogens is 208 g/mol. The minimum atomic E-state index is 0.501. The van der Waals surface area contributed by atoms with Crippen LogP contribution in [-0.4, -0.2) is 0 Å². The summed E-state index contributed by atoms with van der Waals surface area (Å²) in [6.07, 6.45) is 0. The normalized spacial score (nSPS) is 10.5. The van der Waals surface area contributed by atoms with Crippen molar-refractivity contribution in [1.82, 2.24) is 0 Å². The highest BCUT2D eigenvalue weighted by atomic mass is 16.5. The lowest BCUT2D eigenvalue weighted by Crippen LogP contribution is -1.97. The molecule has 1 nitrogen and oxygen atoms in total. The summed E-state index contributed by atoms with van der Waals surface area (Å²) in [6.45, 7) is 12.7. The van der Waals surface area contributed by atoms with Crippen LogP contribution in [0.4, 0.5) is 0 Å². The van der Waals surface area contributed by atoms with Crippen LogP contribution >= 0.6 is 0 Å². The van der Waals surface area contributed by atoms with Crippen LogP contribution in [0.3, 0.4) is 0 Å². The van der Waals surface area contributed by atoms with Gasteiger partial charge in [0, 0.05) is 0 Å². The lowest BCUT2D eigenvalue weighted by Gasteiger charge is -2.08. The predicted molar refractivity (Wildman–Crippen MR) is 68.2 cm³/mol. The molecule has 0 fully saturated rings. The van der Waals surface area contributed by atoms with E-state index in [9.17, 15) is 0 Å². The lowest BCUT2D eigenvalue weighted by molar-refractivity contribution is 0.107. The molecule has 0 aliphatic rings. The van der Waals surface area contributed by atoms with E-state index in [1.807, 2.05) is 48.5 Å². The highest BCUT2D eigenvalue weighted by Gasteiger charge is 2.00. The van der Waals surface area contributed by atoms with E-state index in [0.29, 0.717) is 13.2 Å². The maximum absolute atomic E-state index is 5.83. The fourth-order valence-electron chi connectivity index (χ4n) is 1.60. The molecule has 4 radical (unpaired) electrons. The molecule has 2 aromatic rings. The van der Waals surface area contributed by atoms with Gasteiger partial charge in [0.05, 0.1) is 13.2 Å². The molecule has 0 N–H and O–H groups in total. The Morgan fingerprint density at radius 3 is 1.53 bits per heavy atom. The maximum atomic E-state index is 5.83. The van der Waals surface area contributed by atoms with E-state index >= 15 is 0 Å². The van der Waals surface area contributed by atoms with Crippen LogP contribution in [0.2, 0.25) is 0 Å². The molecule has 2 rings (SSSR count). The quantitative estimate of drug-likeness (QED) is 0.769. The van der Waals surface area contributed by atoms with Crippen LogP contribution < -0.4 is 0 Å². The van der Waals surface area contributed by atoms with Crippen molar-refractivity contribution < 1.29 is 4.74 Å². The minimum absolute atomic E-state index is 0.501. The first kappa shape index (κ1) is 11.9. The molecule has 0 aliphatic heterocycles. The van der Waals surface area contributed by atoms with Crippen molar-refractivity contribution in [3.8, 4) is 0 Å². The van der Waals surface area contributed by atoms with E-state index in [2.05, 4.69) is 0 Å². The molecule has 0 bridgehead atoms. The van der Waals surface area contributed by atoms with Crippen LogP contribution in [0.15, 0.2) is 48.5 Å². The Labute approximate surface area is 103 Å². The van der Waals surface area contributed by atoms with Crippen molar-refractivity contribution in [2.24, 2.45) is 0 Å². The third-order valence-corrected chi connectivity index (χ3v) is 2.63. The van der Waals surface area contributed by atoms with Crippen LogP contribution in [0, 0.1) is 13.8 Å². The average molecular weight is 222 g/mol. The van der Waals surface area contributed by atoms with Gasteiger partial charge in [0.2, 0.25) is 0 Å². The third kappa shape index (κ3) is 3.18. The Morgan fingerprint density at radius 2 is 1.12 bits per heavy atom. The first-order valence-corrected chi connectivity index (χ1v) is 5.52. The molecule has 0 saturated heterocycles. The van der Waals surface area contributed by atoms with Crippen LogP contribution in [0.25, 0.3) is 0 Å². The van der Waals surface area contributed by atoms with Gasteiger partial charge in [0.15, 0.2) is 0 Å². The molecule has 0 spiro atoms. The first-order chi connectivity index (χ1) is 8.27. The Hall–Kier alpha value is -1.60. The Kier molecular flexibility index (Phi) is 3.94. The summed E-state index contributed by atoms with van der Waals surface area (Å²) in [5.41, 5.74) is 3.52. The molecule has 0 heterocycles. The topological polar surface area (TPSA) is 9.23 Å². The number of hydrogen-bond donors (Lipinski definition) is 0. The van der Waals surface area contributed by atoms with Crippen molar-refractivity contribution in [3.63, 3.8) is 0 Å². The summed E-state index contributed by atoms with van der Waals surface area (Å²) in [5.74, 6) is 0. The second-order valence-electron chi connectivity index (χ2n) is 3.89. The molecule has 0 aliphatic carbocycles. The summed E-state index contributed by atoms with van der Waals surface area (Å²) in [7, 11) is 0. The van der Waals surface area contributed by atoms with Crippen molar-refractivity contribution in [3.05, 3.63) is 84.6 Å². The Balaban J connectivity index is 1.93. The van der Waals surface area contributed by atoms with Gasteiger partial charge in [-0.1, -0.05) is 48.5 Å². The number of hydrogen-bond acceptors (Lipinski definition) is 1.